The second-order valence-corrected chi connectivity index (χ2v) is 6.03. The van der Waals surface area contributed by atoms with Crippen LogP contribution in [0.2, 0.25) is 5.02 Å². The highest BCUT2D eigenvalue weighted by Gasteiger charge is 2.15. The molecule has 0 amide bonds. The van der Waals surface area contributed by atoms with E-state index in [2.05, 4.69) is 20.8 Å². The summed E-state index contributed by atoms with van der Waals surface area (Å²) in [7, 11) is 1.71. The van der Waals surface area contributed by atoms with Crippen LogP contribution in [0.3, 0.4) is 0 Å². The number of nitrogens with two attached hydrogens (primary N) is 1. The van der Waals surface area contributed by atoms with Crippen LogP contribution in [0, 0.1) is 13.8 Å². The van der Waals surface area contributed by atoms with E-state index in [0.717, 1.165) is 41.2 Å². The Kier molecular flexibility index (Phi) is 5.06. The van der Waals surface area contributed by atoms with Crippen molar-refractivity contribution in [1.82, 2.24) is 0 Å². The Bertz CT molecular complexity index is 421. The van der Waals surface area contributed by atoms with Gasteiger partial charge in [-0.15, -0.1) is 0 Å². The number of hydrogen-bond acceptors (Lipinski definition) is 2. The quantitative estimate of drug-likeness (QED) is 0.876. The van der Waals surface area contributed by atoms with Gasteiger partial charge in [-0.3, -0.25) is 0 Å². The van der Waals surface area contributed by atoms with Crippen LogP contribution in [0.5, 0.6) is 5.75 Å². The van der Waals surface area contributed by atoms with Crippen molar-refractivity contribution in [2.45, 2.75) is 52.5 Å². The maximum absolute atomic E-state index is 6.30. The van der Waals surface area contributed by atoms with Crippen LogP contribution in [-0.4, -0.2) is 12.6 Å². The van der Waals surface area contributed by atoms with Gasteiger partial charge in [-0.05, 0) is 69.7 Å². The maximum atomic E-state index is 6.30. The molecule has 102 valence electrons. The Balaban J connectivity index is 2.91. The SMILES string of the molecule is COc1cc(C)c(Cl)c(C)c1CCCC(C)(C)N. The molecule has 1 rings (SSSR count). The van der Waals surface area contributed by atoms with Crippen LogP contribution in [0.25, 0.3) is 0 Å². The van der Waals surface area contributed by atoms with E-state index < -0.39 is 0 Å². The van der Waals surface area contributed by atoms with Crippen molar-refractivity contribution in [3.63, 3.8) is 0 Å². The van der Waals surface area contributed by atoms with E-state index in [-0.39, 0.29) is 5.54 Å². The number of benzene rings is 1. The van der Waals surface area contributed by atoms with E-state index in [4.69, 9.17) is 22.1 Å². The zero-order valence-corrected chi connectivity index (χ0v) is 12.8. The fourth-order valence-corrected chi connectivity index (χ4v) is 2.34. The summed E-state index contributed by atoms with van der Waals surface area (Å²) in [6.07, 6.45) is 2.98. The fourth-order valence-electron chi connectivity index (χ4n) is 2.17. The second-order valence-electron chi connectivity index (χ2n) is 5.66. The Labute approximate surface area is 115 Å². The number of rotatable bonds is 5. The van der Waals surface area contributed by atoms with Crippen LogP contribution in [0.1, 0.15) is 43.4 Å². The molecule has 0 aliphatic heterocycles. The van der Waals surface area contributed by atoms with Gasteiger partial charge in [0.15, 0.2) is 0 Å². The Hall–Kier alpha value is -0.730. The first-order valence-corrected chi connectivity index (χ1v) is 6.75. The molecule has 1 aromatic rings. The first kappa shape index (κ1) is 15.3. The lowest BCUT2D eigenvalue weighted by molar-refractivity contribution is 0.405. The predicted octanol–water partition coefficient (Wildman–Crippen LogP) is 4.03. The van der Waals surface area contributed by atoms with E-state index in [1.54, 1.807) is 7.11 Å². The van der Waals surface area contributed by atoms with Gasteiger partial charge in [0.2, 0.25) is 0 Å². The van der Waals surface area contributed by atoms with Crippen LogP contribution < -0.4 is 10.5 Å². The molecule has 0 radical (unpaired) electrons. The number of ether oxygens (including phenoxy) is 1. The van der Waals surface area contributed by atoms with Gasteiger partial charge in [0, 0.05) is 10.6 Å². The molecule has 0 atom stereocenters. The summed E-state index contributed by atoms with van der Waals surface area (Å²) in [6.45, 7) is 8.17. The Morgan fingerprint density at radius 2 is 1.94 bits per heavy atom. The molecule has 0 saturated carbocycles. The molecule has 2 N–H and O–H groups in total. The van der Waals surface area contributed by atoms with Crippen molar-refractivity contribution in [2.24, 2.45) is 5.73 Å². The highest BCUT2D eigenvalue weighted by Crippen LogP contribution is 2.32. The lowest BCUT2D eigenvalue weighted by Crippen LogP contribution is -2.31. The molecule has 0 aliphatic carbocycles. The minimum absolute atomic E-state index is 0.115. The molecule has 2 nitrogen and oxygen atoms in total. The van der Waals surface area contributed by atoms with Gasteiger partial charge in [0.25, 0.3) is 0 Å². The topological polar surface area (TPSA) is 35.2 Å². The van der Waals surface area contributed by atoms with E-state index in [9.17, 15) is 0 Å². The molecule has 18 heavy (non-hydrogen) atoms. The Morgan fingerprint density at radius 1 is 1.33 bits per heavy atom. The van der Waals surface area contributed by atoms with Crippen molar-refractivity contribution >= 4 is 11.6 Å². The lowest BCUT2D eigenvalue weighted by Gasteiger charge is -2.20. The maximum Gasteiger partial charge on any atom is 0.122 e. The molecule has 0 unspecified atom stereocenters. The molecule has 0 aliphatic rings. The molecule has 0 bridgehead atoms. The lowest BCUT2D eigenvalue weighted by atomic mass is 9.94. The minimum atomic E-state index is -0.115. The zero-order chi connectivity index (χ0) is 13.9. The zero-order valence-electron chi connectivity index (χ0n) is 12.1. The first-order valence-electron chi connectivity index (χ1n) is 6.37. The minimum Gasteiger partial charge on any atom is -0.496 e. The van der Waals surface area contributed by atoms with Crippen molar-refractivity contribution < 1.29 is 4.74 Å². The molecule has 0 saturated heterocycles. The molecular weight excluding hydrogens is 246 g/mol. The standard InChI is InChI=1S/C15H24ClNO/c1-10-9-13(18-5)12(11(2)14(10)16)7-6-8-15(3,4)17/h9H,6-8,17H2,1-5H3. The van der Waals surface area contributed by atoms with Gasteiger partial charge in [0.1, 0.15) is 5.75 Å². The third-order valence-corrected chi connectivity index (χ3v) is 3.82. The van der Waals surface area contributed by atoms with Gasteiger partial charge in [-0.1, -0.05) is 11.6 Å². The van der Waals surface area contributed by atoms with Crippen molar-refractivity contribution in [3.8, 4) is 5.75 Å². The average molecular weight is 270 g/mol. The third-order valence-electron chi connectivity index (χ3n) is 3.24. The van der Waals surface area contributed by atoms with Gasteiger partial charge in [-0.25, -0.2) is 0 Å². The van der Waals surface area contributed by atoms with Crippen LogP contribution >= 0.6 is 11.6 Å². The first-order chi connectivity index (χ1) is 8.26. The van der Waals surface area contributed by atoms with E-state index in [0.29, 0.717) is 0 Å². The number of hydrogen-bond donors (Lipinski definition) is 1. The molecule has 0 spiro atoms. The monoisotopic (exact) mass is 269 g/mol. The molecular formula is C15H24ClNO. The highest BCUT2D eigenvalue weighted by molar-refractivity contribution is 6.32. The van der Waals surface area contributed by atoms with E-state index in [1.807, 2.05) is 13.0 Å². The summed E-state index contributed by atoms with van der Waals surface area (Å²) in [6, 6.07) is 2.01. The summed E-state index contributed by atoms with van der Waals surface area (Å²) in [5.74, 6) is 0.934. The van der Waals surface area contributed by atoms with Crippen molar-refractivity contribution in [2.75, 3.05) is 7.11 Å². The van der Waals surface area contributed by atoms with Crippen molar-refractivity contribution in [1.29, 1.82) is 0 Å². The molecule has 0 fully saturated rings. The molecule has 0 heterocycles. The van der Waals surface area contributed by atoms with Crippen molar-refractivity contribution in [3.05, 3.63) is 27.8 Å². The normalized spacial score (nSPS) is 11.7. The van der Waals surface area contributed by atoms with Gasteiger partial charge in [0.05, 0.1) is 7.11 Å². The molecule has 3 heteroatoms. The average Bonchev–Trinajstić information content (AvgIpc) is 2.27. The van der Waals surface area contributed by atoms with Crippen LogP contribution in [0.15, 0.2) is 6.07 Å². The summed E-state index contributed by atoms with van der Waals surface area (Å²) in [5.41, 5.74) is 9.29. The molecule has 0 aromatic heterocycles. The fraction of sp³-hybridized carbons (Fsp3) is 0.600. The summed E-state index contributed by atoms with van der Waals surface area (Å²) in [4.78, 5) is 0. The third kappa shape index (κ3) is 3.89. The van der Waals surface area contributed by atoms with E-state index >= 15 is 0 Å². The van der Waals surface area contributed by atoms with Crippen LogP contribution in [-0.2, 0) is 6.42 Å². The van der Waals surface area contributed by atoms with Crippen LogP contribution in [0.4, 0.5) is 0 Å². The number of methoxy groups -OCH3 is 1. The molecule has 1 aromatic carbocycles. The smallest absolute Gasteiger partial charge is 0.122 e. The number of halogens is 1. The Morgan fingerprint density at radius 3 is 2.44 bits per heavy atom. The predicted molar refractivity (Wildman–Crippen MR) is 78.7 cm³/mol. The largest absolute Gasteiger partial charge is 0.496 e. The van der Waals surface area contributed by atoms with E-state index in [1.165, 1.54) is 5.56 Å². The summed E-state index contributed by atoms with van der Waals surface area (Å²) < 4.78 is 5.45. The summed E-state index contributed by atoms with van der Waals surface area (Å²) >= 11 is 6.30. The second kappa shape index (κ2) is 5.94. The highest BCUT2D eigenvalue weighted by atomic mass is 35.5. The van der Waals surface area contributed by atoms with Gasteiger partial charge >= 0.3 is 0 Å². The summed E-state index contributed by atoms with van der Waals surface area (Å²) in [5, 5.41) is 0.845. The van der Waals surface area contributed by atoms with Gasteiger partial charge in [-0.2, -0.15) is 0 Å². The van der Waals surface area contributed by atoms with Gasteiger partial charge < -0.3 is 10.5 Å². The number of aryl methyl sites for hydroxylation is 1.